The standard InChI is InChI=1S/C35H54N4P2/c1-34(2,3)41(33-27-14-23-13-24(16-27)17-28(33)15-23)22-29-18-26(25-7-5-4-6-8-25)19-30(29)35(40,31-20-36-9-11-38-31)32-21-37-10-12-39-32/h4-8,18-19,23-24,27-29,31-33,36-39H,9-17,20-22,40H2,1-3H3. The molecule has 2 heterocycles. The number of piperazine rings is 2. The quantitative estimate of drug-likeness (QED) is 0.318. The van der Waals surface area contributed by atoms with E-state index in [1.807, 2.05) is 0 Å². The summed E-state index contributed by atoms with van der Waals surface area (Å²) < 4.78 is 0. The summed E-state index contributed by atoms with van der Waals surface area (Å²) in [5.41, 5.74) is 5.44. The van der Waals surface area contributed by atoms with E-state index in [1.165, 1.54) is 43.0 Å². The van der Waals surface area contributed by atoms with Crippen LogP contribution in [-0.2, 0) is 0 Å². The van der Waals surface area contributed by atoms with Gasteiger partial charge in [-0.2, -0.15) is 0 Å². The zero-order valence-corrected chi connectivity index (χ0v) is 27.7. The topological polar surface area (TPSA) is 48.1 Å². The predicted molar refractivity (Wildman–Crippen MR) is 180 cm³/mol. The van der Waals surface area contributed by atoms with Crippen LogP contribution in [0, 0.1) is 29.6 Å². The van der Waals surface area contributed by atoms with Gasteiger partial charge in [0, 0.05) is 62.4 Å². The predicted octanol–water partition coefficient (Wildman–Crippen LogP) is 5.47. The summed E-state index contributed by atoms with van der Waals surface area (Å²) in [6.07, 6.45) is 14.4. The molecule has 6 heteroatoms. The first-order valence-electron chi connectivity index (χ1n) is 16.7. The Bertz CT molecular complexity index is 1080. The van der Waals surface area contributed by atoms with E-state index >= 15 is 0 Å². The molecule has 6 fully saturated rings. The maximum absolute atomic E-state index is 3.99. The molecule has 5 aliphatic carbocycles. The van der Waals surface area contributed by atoms with Crippen molar-refractivity contribution in [1.82, 2.24) is 21.3 Å². The van der Waals surface area contributed by atoms with Crippen LogP contribution in [0.5, 0.6) is 0 Å². The lowest BCUT2D eigenvalue weighted by molar-refractivity contribution is 0.0242. The third kappa shape index (κ3) is 5.58. The van der Waals surface area contributed by atoms with Crippen LogP contribution in [0.2, 0.25) is 0 Å². The lowest BCUT2D eigenvalue weighted by Crippen LogP contribution is -2.69. The molecule has 4 N–H and O–H groups in total. The van der Waals surface area contributed by atoms with E-state index in [9.17, 15) is 0 Å². The van der Waals surface area contributed by atoms with Gasteiger partial charge in [-0.05, 0) is 89.5 Å². The summed E-state index contributed by atoms with van der Waals surface area (Å²) >= 11 is 0. The van der Waals surface area contributed by atoms with Crippen molar-refractivity contribution in [3.63, 3.8) is 0 Å². The molecule has 5 unspecified atom stereocenters. The highest BCUT2D eigenvalue weighted by Crippen LogP contribution is 2.68. The van der Waals surface area contributed by atoms with Gasteiger partial charge in [0.25, 0.3) is 0 Å². The van der Waals surface area contributed by atoms with Gasteiger partial charge in [0.05, 0.1) is 0 Å². The van der Waals surface area contributed by atoms with Gasteiger partial charge in [-0.25, -0.2) is 0 Å². The van der Waals surface area contributed by atoms with Crippen molar-refractivity contribution >= 4 is 22.7 Å². The lowest BCUT2D eigenvalue weighted by Gasteiger charge is -2.59. The molecular formula is C35H54N4P2. The van der Waals surface area contributed by atoms with Crippen LogP contribution in [0.1, 0.15) is 58.4 Å². The van der Waals surface area contributed by atoms with Gasteiger partial charge in [0.1, 0.15) is 0 Å². The van der Waals surface area contributed by atoms with Crippen LogP contribution in [0.15, 0.2) is 48.1 Å². The third-order valence-corrected chi connectivity index (χ3v) is 16.9. The second-order valence-electron chi connectivity index (χ2n) is 15.3. The fourth-order valence-corrected chi connectivity index (χ4v) is 14.8. The van der Waals surface area contributed by atoms with E-state index in [4.69, 9.17) is 0 Å². The van der Waals surface area contributed by atoms with E-state index in [2.05, 4.69) is 93.8 Å². The lowest BCUT2D eigenvalue weighted by atomic mass is 9.56. The second-order valence-corrected chi connectivity index (χ2v) is 19.5. The van der Waals surface area contributed by atoms with Crippen LogP contribution in [0.3, 0.4) is 0 Å². The summed E-state index contributed by atoms with van der Waals surface area (Å²) in [4.78, 5) is 0. The van der Waals surface area contributed by atoms with Crippen molar-refractivity contribution in [3.8, 4) is 0 Å². The third-order valence-electron chi connectivity index (χ3n) is 11.7. The molecule has 8 rings (SSSR count). The molecule has 4 saturated carbocycles. The van der Waals surface area contributed by atoms with Crippen molar-refractivity contribution in [3.05, 3.63) is 53.6 Å². The van der Waals surface area contributed by atoms with Crippen LogP contribution >= 0.6 is 17.2 Å². The Hall–Kier alpha value is -0.600. The Labute approximate surface area is 253 Å². The molecule has 1 aromatic rings. The summed E-state index contributed by atoms with van der Waals surface area (Å²) in [5, 5.41) is 15.8. The van der Waals surface area contributed by atoms with E-state index in [0.717, 1.165) is 68.6 Å². The molecule has 0 spiro atoms. The van der Waals surface area contributed by atoms with Crippen LogP contribution < -0.4 is 21.3 Å². The number of benzene rings is 1. The van der Waals surface area contributed by atoms with Crippen LogP contribution in [0.25, 0.3) is 5.57 Å². The van der Waals surface area contributed by atoms with Crippen molar-refractivity contribution in [2.45, 2.75) is 80.9 Å². The van der Waals surface area contributed by atoms with E-state index in [0.29, 0.717) is 23.2 Å². The highest BCUT2D eigenvalue weighted by molar-refractivity contribution is 7.60. The fraction of sp³-hybridized carbons (Fsp3) is 0.714. The fourth-order valence-electron chi connectivity index (χ4n) is 10.1. The van der Waals surface area contributed by atoms with Gasteiger partial charge in [0.2, 0.25) is 0 Å². The van der Waals surface area contributed by atoms with Gasteiger partial charge >= 0.3 is 0 Å². The summed E-state index contributed by atoms with van der Waals surface area (Å²) in [5.74, 6) is 4.59. The summed E-state index contributed by atoms with van der Waals surface area (Å²) in [6.45, 7) is 14.0. The molecule has 41 heavy (non-hydrogen) atoms. The number of nitrogens with one attached hydrogen (secondary N) is 4. The molecule has 4 nitrogen and oxygen atoms in total. The van der Waals surface area contributed by atoms with Gasteiger partial charge in [-0.15, -0.1) is 9.24 Å². The summed E-state index contributed by atoms with van der Waals surface area (Å²) in [7, 11) is 3.35. The first-order valence-corrected chi connectivity index (χ1v) is 18.9. The minimum Gasteiger partial charge on any atom is -0.314 e. The van der Waals surface area contributed by atoms with Crippen molar-refractivity contribution in [2.75, 3.05) is 45.4 Å². The van der Waals surface area contributed by atoms with Crippen molar-refractivity contribution < 1.29 is 0 Å². The molecular weight excluding hydrogens is 538 g/mol. The zero-order chi connectivity index (χ0) is 28.2. The Morgan fingerprint density at radius 1 is 0.805 bits per heavy atom. The molecule has 7 aliphatic rings. The minimum atomic E-state index is -0.126. The highest BCUT2D eigenvalue weighted by atomic mass is 31.1. The molecule has 2 aliphatic heterocycles. The van der Waals surface area contributed by atoms with E-state index in [1.54, 1.807) is 12.0 Å². The zero-order valence-electron chi connectivity index (χ0n) is 25.7. The summed E-state index contributed by atoms with van der Waals surface area (Å²) in [6, 6.07) is 12.0. The Balaban J connectivity index is 1.27. The smallest absolute Gasteiger partial charge is 0.0395 e. The number of rotatable bonds is 7. The average Bonchev–Trinajstić information content (AvgIpc) is 3.41. The monoisotopic (exact) mass is 592 g/mol. The Morgan fingerprint density at radius 3 is 1.90 bits per heavy atom. The van der Waals surface area contributed by atoms with E-state index < -0.39 is 0 Å². The highest BCUT2D eigenvalue weighted by Gasteiger charge is 2.54. The van der Waals surface area contributed by atoms with Crippen LogP contribution in [0.4, 0.5) is 0 Å². The largest absolute Gasteiger partial charge is 0.314 e. The molecule has 1 aromatic carbocycles. The molecule has 5 atom stereocenters. The number of hydrogen-bond donors (Lipinski definition) is 4. The maximum Gasteiger partial charge on any atom is 0.0395 e. The molecule has 0 aromatic heterocycles. The first-order chi connectivity index (χ1) is 19.8. The van der Waals surface area contributed by atoms with E-state index in [-0.39, 0.29) is 13.1 Å². The maximum atomic E-state index is 3.99. The minimum absolute atomic E-state index is 0.0541. The second kappa shape index (κ2) is 11.7. The molecule has 0 amide bonds. The van der Waals surface area contributed by atoms with Gasteiger partial charge < -0.3 is 21.3 Å². The Morgan fingerprint density at radius 2 is 1.39 bits per heavy atom. The number of allylic oxidation sites excluding steroid dienone is 3. The van der Waals surface area contributed by atoms with Gasteiger partial charge in [0.15, 0.2) is 0 Å². The van der Waals surface area contributed by atoms with Crippen LogP contribution in [-0.4, -0.2) is 73.5 Å². The molecule has 2 saturated heterocycles. The van der Waals surface area contributed by atoms with Crippen molar-refractivity contribution in [1.29, 1.82) is 0 Å². The number of hydrogen-bond acceptors (Lipinski definition) is 4. The van der Waals surface area contributed by atoms with Gasteiger partial charge in [-0.1, -0.05) is 71.2 Å². The van der Waals surface area contributed by atoms with Gasteiger partial charge in [-0.3, -0.25) is 0 Å². The normalized spacial score (nSPS) is 39.2. The molecule has 0 radical (unpaired) electrons. The SMILES string of the molecule is CC(C)(C)P(CC1C=C(c2ccccc2)C=C1C(P)(C1CNCCN1)C1CNCCN1)C1C2CC3CC(C2)CC1C3. The average molecular weight is 593 g/mol. The molecule has 224 valence electrons. The first kappa shape index (κ1) is 29.1. The molecule has 4 bridgehead atoms. The van der Waals surface area contributed by atoms with Crippen molar-refractivity contribution in [2.24, 2.45) is 29.6 Å². The Kier molecular flexibility index (Phi) is 8.33.